The molecule has 1 atom stereocenters. The van der Waals surface area contributed by atoms with Crippen molar-refractivity contribution in [3.8, 4) is 0 Å². The Hall–Kier alpha value is -0.835. The Morgan fingerprint density at radius 3 is 2.43 bits per heavy atom. The quantitative estimate of drug-likeness (QED) is 0.464. The molecule has 0 bridgehead atoms. The fourth-order valence-electron chi connectivity index (χ4n) is 2.57. The molecule has 0 aromatic carbocycles. The van der Waals surface area contributed by atoms with Gasteiger partial charge in [-0.3, -0.25) is 4.79 Å². The van der Waals surface area contributed by atoms with Crippen LogP contribution in [0.25, 0.3) is 0 Å². The van der Waals surface area contributed by atoms with Crippen molar-refractivity contribution in [1.29, 1.82) is 0 Å². The number of thiazole rings is 1. The summed E-state index contributed by atoms with van der Waals surface area (Å²) in [5.41, 5.74) is 0. The smallest absolute Gasteiger partial charge is 0.216 e. The van der Waals surface area contributed by atoms with E-state index in [1.54, 1.807) is 11.3 Å². The highest BCUT2D eigenvalue weighted by molar-refractivity contribution is 7.16. The predicted molar refractivity (Wildman–Crippen MR) is 95.3 cm³/mol. The van der Waals surface area contributed by atoms with Crippen LogP contribution in [0.4, 0.5) is 9.93 Å². The zero-order valence-corrected chi connectivity index (χ0v) is 14.6. The van der Waals surface area contributed by atoms with Crippen LogP contribution in [0, 0.1) is 0 Å². The summed E-state index contributed by atoms with van der Waals surface area (Å²) in [6.45, 7) is 4.50. The highest BCUT2D eigenvalue weighted by Crippen LogP contribution is 2.33. The van der Waals surface area contributed by atoms with Crippen molar-refractivity contribution in [3.63, 3.8) is 0 Å². The number of unbranched alkanes of at least 4 members (excludes halogenated alkanes) is 5. The maximum atomic E-state index is 11.1. The number of nitrogens with zero attached hydrogens (tertiary/aromatic N) is 1. The number of anilines is 1. The van der Waals surface area contributed by atoms with E-state index >= 15 is 0 Å². The van der Waals surface area contributed by atoms with E-state index in [-0.39, 0.29) is 5.81 Å². The molecule has 0 spiro atoms. The number of rotatable bonds is 11. The van der Waals surface area contributed by atoms with E-state index in [2.05, 4.69) is 24.1 Å². The molecular weight excluding hydrogens is 279 g/mol. The zero-order valence-electron chi connectivity index (χ0n) is 13.8. The van der Waals surface area contributed by atoms with Gasteiger partial charge < -0.3 is 5.32 Å². The topological polar surface area (TPSA) is 42.0 Å². The largest absolute Gasteiger partial charge is 0.311 e. The molecule has 21 heavy (non-hydrogen) atoms. The molecule has 0 aliphatic carbocycles. The average molecular weight is 308 g/mol. The highest BCUT2D eigenvalue weighted by Gasteiger charge is 2.15. The number of amides is 1. The summed E-state index contributed by atoms with van der Waals surface area (Å²) in [4.78, 5) is 16.8. The Morgan fingerprint density at radius 2 is 1.81 bits per heavy atom. The first-order valence-corrected chi connectivity index (χ1v) is 9.22. The molecule has 5 heteroatoms. The fourth-order valence-corrected chi connectivity index (χ4v) is 3.60. The van der Waals surface area contributed by atoms with Gasteiger partial charge in [-0.05, 0) is 18.8 Å². The number of nitrogens with one attached hydrogen (secondary N) is 1. The molecule has 1 rings (SSSR count). The van der Waals surface area contributed by atoms with Gasteiger partial charge in [-0.25, -0.2) is 4.98 Å². The summed E-state index contributed by atoms with van der Waals surface area (Å²) in [5.74, 6) is 0.579. The molecule has 3 nitrogen and oxygen atoms in total. The van der Waals surface area contributed by atoms with Crippen molar-refractivity contribution in [2.24, 2.45) is 0 Å². The van der Waals surface area contributed by atoms with Gasteiger partial charge in [-0.2, -0.15) is 0 Å². The molecule has 0 fully saturated rings. The maximum absolute atomic E-state index is 11.1. The van der Waals surface area contributed by atoms with Gasteiger partial charge in [0.15, 0.2) is 10.9 Å². The average Bonchev–Trinajstić information content (AvgIpc) is 2.89. The van der Waals surface area contributed by atoms with Gasteiger partial charge in [0, 0.05) is 11.1 Å². The Kier molecular flexibility index (Phi) is 9.39. The molecule has 1 aromatic heterocycles. The van der Waals surface area contributed by atoms with Crippen LogP contribution in [0.3, 0.4) is 0 Å². The Balaban J connectivity index is 2.56. The lowest BCUT2D eigenvalue weighted by Crippen LogP contribution is -2.07. The van der Waals surface area contributed by atoms with E-state index in [4.69, 9.17) is 0 Å². The standard InChI is InChI=1S/C16H29BN2OS/c1-3-5-7-9-11-13(10-8-6-4-2)14-12-18-16(21-14)19-15(17)20/h12-13H,3-11,17H2,1-2H3,(H,18,19,20). The monoisotopic (exact) mass is 308 g/mol. The van der Waals surface area contributed by atoms with Crippen LogP contribution in [0.2, 0.25) is 0 Å². The normalized spacial score (nSPS) is 12.3. The second-order valence-corrected chi connectivity index (χ2v) is 6.85. The van der Waals surface area contributed by atoms with Gasteiger partial charge >= 0.3 is 0 Å². The second kappa shape index (κ2) is 10.8. The van der Waals surface area contributed by atoms with E-state index in [9.17, 15) is 4.79 Å². The van der Waals surface area contributed by atoms with Gasteiger partial charge in [0.05, 0.1) is 0 Å². The summed E-state index contributed by atoms with van der Waals surface area (Å²) < 4.78 is 0. The summed E-state index contributed by atoms with van der Waals surface area (Å²) in [5, 5.41) is 3.53. The van der Waals surface area contributed by atoms with Crippen molar-refractivity contribution < 1.29 is 4.79 Å². The molecule has 0 saturated carbocycles. The number of hydrogen-bond donors (Lipinski definition) is 1. The van der Waals surface area contributed by atoms with Crippen LogP contribution in [-0.4, -0.2) is 18.6 Å². The minimum absolute atomic E-state index is 0.0404. The second-order valence-electron chi connectivity index (χ2n) is 5.79. The SMILES string of the molecule is BC(=O)Nc1ncc(C(CCCCC)CCCCCC)s1. The molecule has 0 saturated heterocycles. The molecule has 1 heterocycles. The van der Waals surface area contributed by atoms with Crippen molar-refractivity contribution in [2.75, 3.05) is 5.32 Å². The van der Waals surface area contributed by atoms with Crippen LogP contribution >= 0.6 is 11.3 Å². The molecular formula is C16H29BN2OS. The van der Waals surface area contributed by atoms with E-state index in [0.29, 0.717) is 5.92 Å². The highest BCUT2D eigenvalue weighted by atomic mass is 32.1. The summed E-state index contributed by atoms with van der Waals surface area (Å²) in [6.07, 6.45) is 13.6. The van der Waals surface area contributed by atoms with Crippen molar-refractivity contribution in [1.82, 2.24) is 4.98 Å². The number of carbonyl (C=O) groups excluding carboxylic acids is 1. The molecule has 1 N–H and O–H groups in total. The maximum Gasteiger partial charge on any atom is 0.216 e. The first-order chi connectivity index (χ1) is 10.2. The predicted octanol–water partition coefficient (Wildman–Crippen LogP) is 4.94. The molecule has 1 amide bonds. The van der Waals surface area contributed by atoms with E-state index in [1.807, 2.05) is 6.20 Å². The van der Waals surface area contributed by atoms with E-state index in [0.717, 1.165) is 5.13 Å². The molecule has 118 valence electrons. The third kappa shape index (κ3) is 7.65. The molecule has 1 aromatic rings. The lowest BCUT2D eigenvalue weighted by atomic mass is 9.94. The third-order valence-electron chi connectivity index (χ3n) is 3.77. The third-order valence-corrected chi connectivity index (χ3v) is 4.85. The van der Waals surface area contributed by atoms with Gasteiger partial charge in [-0.15, -0.1) is 11.3 Å². The summed E-state index contributed by atoms with van der Waals surface area (Å²) in [6, 6.07) is 0. The van der Waals surface area contributed by atoms with Crippen molar-refractivity contribution in [3.05, 3.63) is 11.1 Å². The van der Waals surface area contributed by atoms with Gasteiger partial charge in [0.2, 0.25) is 7.85 Å². The van der Waals surface area contributed by atoms with Gasteiger partial charge in [0.1, 0.15) is 0 Å². The molecule has 1 unspecified atom stereocenters. The van der Waals surface area contributed by atoms with Crippen molar-refractivity contribution in [2.45, 2.75) is 77.6 Å². The zero-order chi connectivity index (χ0) is 15.5. The van der Waals surface area contributed by atoms with Gasteiger partial charge in [0.25, 0.3) is 0 Å². The van der Waals surface area contributed by atoms with Crippen LogP contribution in [0.1, 0.15) is 82.4 Å². The summed E-state index contributed by atoms with van der Waals surface area (Å²) in [7, 11) is 1.53. The Labute approximate surface area is 134 Å². The minimum Gasteiger partial charge on any atom is -0.311 e. The fraction of sp³-hybridized carbons (Fsp3) is 0.750. The lowest BCUT2D eigenvalue weighted by molar-refractivity contribution is 0.269. The number of aromatic nitrogens is 1. The van der Waals surface area contributed by atoms with E-state index in [1.165, 1.54) is 70.5 Å². The minimum atomic E-state index is -0.0404. The van der Waals surface area contributed by atoms with Crippen LogP contribution in [-0.2, 0) is 0 Å². The van der Waals surface area contributed by atoms with Crippen LogP contribution < -0.4 is 5.32 Å². The molecule has 0 aliphatic rings. The van der Waals surface area contributed by atoms with Gasteiger partial charge in [-0.1, -0.05) is 58.8 Å². The first kappa shape index (κ1) is 18.2. The lowest BCUT2D eigenvalue weighted by Gasteiger charge is -2.14. The Bertz CT molecular complexity index is 409. The number of hydrogen-bond acceptors (Lipinski definition) is 3. The van der Waals surface area contributed by atoms with Crippen LogP contribution in [0.5, 0.6) is 0 Å². The van der Waals surface area contributed by atoms with Crippen molar-refractivity contribution >= 4 is 30.1 Å². The Morgan fingerprint density at radius 1 is 1.19 bits per heavy atom. The first-order valence-electron chi connectivity index (χ1n) is 8.40. The number of carbonyl (C=O) groups is 1. The van der Waals surface area contributed by atoms with Crippen LogP contribution in [0.15, 0.2) is 6.20 Å². The molecule has 0 radical (unpaired) electrons. The summed E-state index contributed by atoms with van der Waals surface area (Å²) >= 11 is 1.65. The molecule has 0 aliphatic heterocycles. The van der Waals surface area contributed by atoms with E-state index < -0.39 is 0 Å².